The molecule has 0 spiro atoms. The summed E-state index contributed by atoms with van der Waals surface area (Å²) >= 11 is 3.32. The van der Waals surface area contributed by atoms with E-state index in [1.54, 1.807) is 0 Å². The van der Waals surface area contributed by atoms with Gasteiger partial charge in [-0.3, -0.25) is 4.79 Å². The third kappa shape index (κ3) is 3.32. The van der Waals surface area contributed by atoms with Gasteiger partial charge in [-0.15, -0.1) is 0 Å². The van der Waals surface area contributed by atoms with Crippen molar-refractivity contribution in [3.05, 3.63) is 73.8 Å². The minimum absolute atomic E-state index is 0.162. The van der Waals surface area contributed by atoms with Gasteiger partial charge in [0.05, 0.1) is 21.4 Å². The van der Waals surface area contributed by atoms with Crippen LogP contribution in [0.5, 0.6) is 0 Å². The lowest BCUT2D eigenvalue weighted by molar-refractivity contribution is -0.137. The van der Waals surface area contributed by atoms with Crippen molar-refractivity contribution in [2.75, 3.05) is 0 Å². The summed E-state index contributed by atoms with van der Waals surface area (Å²) in [6.45, 7) is 0. The van der Waals surface area contributed by atoms with Crippen LogP contribution in [0.15, 0.2) is 53.6 Å². The molecule has 1 aliphatic heterocycles. The van der Waals surface area contributed by atoms with E-state index < -0.39 is 17.0 Å². The van der Waals surface area contributed by atoms with Gasteiger partial charge >= 0.3 is 6.18 Å². The first-order valence-electron chi connectivity index (χ1n) is 6.91. The van der Waals surface area contributed by atoms with Gasteiger partial charge in [-0.1, -0.05) is 36.0 Å². The maximum atomic E-state index is 12.9. The first-order chi connectivity index (χ1) is 11.3. The number of carbonyl (C=O) groups is 1. The number of halogens is 4. The van der Waals surface area contributed by atoms with Gasteiger partial charge in [0.2, 0.25) is 0 Å². The summed E-state index contributed by atoms with van der Waals surface area (Å²) < 4.78 is 39.7. The maximum Gasteiger partial charge on any atom is 0.416 e. The van der Waals surface area contributed by atoms with Gasteiger partial charge in [0, 0.05) is 3.57 Å². The lowest BCUT2D eigenvalue weighted by atomic mass is 9.96. The molecule has 0 aliphatic carbocycles. The minimum atomic E-state index is -4.46. The van der Waals surface area contributed by atoms with E-state index >= 15 is 0 Å². The van der Waals surface area contributed by atoms with Crippen molar-refractivity contribution < 1.29 is 18.0 Å². The molecule has 124 valence electrons. The first-order valence-corrected chi connectivity index (χ1v) is 8.87. The molecule has 2 aromatic carbocycles. The Labute approximate surface area is 154 Å². The highest BCUT2D eigenvalue weighted by atomic mass is 127. The molecule has 1 aliphatic rings. The molecule has 2 nitrogen and oxygen atoms in total. The smallest absolute Gasteiger partial charge is 0.393 e. The number of carbonyl (C=O) groups excluding carboxylic acids is 1. The number of nitrogens with two attached hydrogens (primary N) is 1. The van der Waals surface area contributed by atoms with Crippen molar-refractivity contribution in [2.45, 2.75) is 11.4 Å². The SMILES string of the molecule is NC1=C(c2cccc(C(F)(F)F)c2)C(=O)C(c2cccc(I)c2)S1. The fourth-order valence-electron chi connectivity index (χ4n) is 2.52. The number of rotatable bonds is 2. The second-order valence-electron chi connectivity index (χ2n) is 5.23. The normalized spacial score (nSPS) is 18.3. The summed E-state index contributed by atoms with van der Waals surface area (Å²) in [6, 6.07) is 12.1. The van der Waals surface area contributed by atoms with Crippen molar-refractivity contribution in [1.29, 1.82) is 0 Å². The Morgan fingerprint density at radius 1 is 1.08 bits per heavy atom. The number of alkyl halides is 3. The predicted octanol–water partition coefficient (Wildman–Crippen LogP) is 4.99. The fourth-order valence-corrected chi connectivity index (χ4v) is 4.18. The third-order valence-corrected chi connectivity index (χ3v) is 5.46. The van der Waals surface area contributed by atoms with Crippen LogP contribution >= 0.6 is 34.4 Å². The van der Waals surface area contributed by atoms with Crippen LogP contribution in [0.25, 0.3) is 5.57 Å². The predicted molar refractivity (Wildman–Crippen MR) is 97.0 cm³/mol. The highest BCUT2D eigenvalue weighted by Crippen LogP contribution is 2.47. The van der Waals surface area contributed by atoms with Gasteiger partial charge in [0.25, 0.3) is 0 Å². The molecule has 1 unspecified atom stereocenters. The van der Waals surface area contributed by atoms with Crippen LogP contribution in [0.1, 0.15) is 21.9 Å². The Morgan fingerprint density at radius 3 is 2.46 bits per heavy atom. The van der Waals surface area contributed by atoms with Gasteiger partial charge in [-0.05, 0) is 58.0 Å². The first kappa shape index (κ1) is 17.3. The zero-order valence-electron chi connectivity index (χ0n) is 12.1. The van der Waals surface area contributed by atoms with Crippen molar-refractivity contribution in [3.63, 3.8) is 0 Å². The Kier molecular flexibility index (Phi) is 4.65. The van der Waals surface area contributed by atoms with Crippen LogP contribution in [0.3, 0.4) is 0 Å². The van der Waals surface area contributed by atoms with E-state index in [0.29, 0.717) is 0 Å². The zero-order chi connectivity index (χ0) is 17.5. The summed E-state index contributed by atoms with van der Waals surface area (Å²) in [6.07, 6.45) is -4.46. The molecule has 0 fully saturated rings. The average Bonchev–Trinajstić information content (AvgIpc) is 2.81. The molecule has 0 saturated heterocycles. The zero-order valence-corrected chi connectivity index (χ0v) is 15.1. The molecule has 1 atom stereocenters. The molecule has 24 heavy (non-hydrogen) atoms. The second-order valence-corrected chi connectivity index (χ2v) is 7.63. The highest BCUT2D eigenvalue weighted by molar-refractivity contribution is 14.1. The van der Waals surface area contributed by atoms with Gasteiger partial charge < -0.3 is 5.73 Å². The monoisotopic (exact) mass is 461 g/mol. The molecule has 0 saturated carbocycles. The largest absolute Gasteiger partial charge is 0.416 e. The fraction of sp³-hybridized carbons (Fsp3) is 0.118. The van der Waals surface area contributed by atoms with Gasteiger partial charge in [0.1, 0.15) is 0 Å². The summed E-state index contributed by atoms with van der Waals surface area (Å²) in [7, 11) is 0. The molecule has 1 heterocycles. The number of thioether (sulfide) groups is 1. The lowest BCUT2D eigenvalue weighted by Crippen LogP contribution is -2.09. The average molecular weight is 461 g/mol. The van der Waals surface area contributed by atoms with Gasteiger partial charge in [-0.25, -0.2) is 0 Å². The third-order valence-electron chi connectivity index (χ3n) is 3.61. The molecular formula is C17H11F3INOS. The van der Waals surface area contributed by atoms with Crippen LogP contribution in [-0.2, 0) is 11.0 Å². The van der Waals surface area contributed by atoms with E-state index in [4.69, 9.17) is 5.73 Å². The van der Waals surface area contributed by atoms with Crippen LogP contribution in [0.2, 0.25) is 0 Å². The summed E-state index contributed by atoms with van der Waals surface area (Å²) in [5.41, 5.74) is 6.33. The molecule has 7 heteroatoms. The molecule has 0 aromatic heterocycles. The Hall–Kier alpha value is -1.48. The van der Waals surface area contributed by atoms with Gasteiger partial charge in [-0.2, -0.15) is 13.2 Å². The van der Waals surface area contributed by atoms with E-state index in [-0.39, 0.29) is 21.9 Å². The number of hydrogen-bond acceptors (Lipinski definition) is 3. The Balaban J connectivity index is 1.98. The van der Waals surface area contributed by atoms with Crippen LogP contribution in [-0.4, -0.2) is 5.78 Å². The van der Waals surface area contributed by atoms with E-state index in [1.165, 1.54) is 23.9 Å². The number of ketones is 1. The Bertz CT molecular complexity index is 848. The quantitative estimate of drug-likeness (QED) is 0.641. The maximum absolute atomic E-state index is 12.9. The van der Waals surface area contributed by atoms with Crippen LogP contribution in [0, 0.1) is 3.57 Å². The van der Waals surface area contributed by atoms with E-state index in [9.17, 15) is 18.0 Å². The molecule has 0 amide bonds. The number of Topliss-reactive ketones (excluding diaryl/α,β-unsaturated/α-hetero) is 1. The highest BCUT2D eigenvalue weighted by Gasteiger charge is 2.36. The number of allylic oxidation sites excluding steroid dienone is 1. The lowest BCUT2D eigenvalue weighted by Gasteiger charge is -2.11. The second kappa shape index (κ2) is 6.44. The number of benzene rings is 2. The standard InChI is InChI=1S/C17H11F3INOS/c18-17(19,20)11-5-1-3-9(7-11)13-14(23)15(24-16(13)22)10-4-2-6-12(21)8-10/h1-8,15H,22H2. The molecule has 2 aromatic rings. The summed E-state index contributed by atoms with van der Waals surface area (Å²) in [5.74, 6) is -0.265. The molecule has 3 rings (SSSR count). The minimum Gasteiger partial charge on any atom is -0.393 e. The van der Waals surface area contributed by atoms with Crippen molar-refractivity contribution >= 4 is 45.7 Å². The van der Waals surface area contributed by atoms with Crippen molar-refractivity contribution in [3.8, 4) is 0 Å². The van der Waals surface area contributed by atoms with E-state index in [1.807, 2.05) is 24.3 Å². The Morgan fingerprint density at radius 2 is 1.79 bits per heavy atom. The van der Waals surface area contributed by atoms with Gasteiger partial charge in [0.15, 0.2) is 5.78 Å². The summed E-state index contributed by atoms with van der Waals surface area (Å²) in [4.78, 5) is 12.7. The summed E-state index contributed by atoms with van der Waals surface area (Å²) in [5, 5.41) is -0.271. The van der Waals surface area contributed by atoms with Crippen LogP contribution in [0.4, 0.5) is 13.2 Å². The topological polar surface area (TPSA) is 43.1 Å². The van der Waals surface area contributed by atoms with E-state index in [2.05, 4.69) is 22.6 Å². The molecule has 0 bridgehead atoms. The molecular weight excluding hydrogens is 450 g/mol. The van der Waals surface area contributed by atoms with Crippen LogP contribution < -0.4 is 5.73 Å². The van der Waals surface area contributed by atoms with Crippen molar-refractivity contribution in [1.82, 2.24) is 0 Å². The van der Waals surface area contributed by atoms with Crippen molar-refractivity contribution in [2.24, 2.45) is 5.73 Å². The van der Waals surface area contributed by atoms with E-state index in [0.717, 1.165) is 21.3 Å². The molecule has 2 N–H and O–H groups in total. The molecule has 0 radical (unpaired) electrons. The number of hydrogen-bond donors (Lipinski definition) is 1.